The number of hydrogen-bond acceptors (Lipinski definition) is 4. The van der Waals surface area contributed by atoms with Crippen molar-refractivity contribution >= 4 is 41.3 Å². The second-order valence-electron chi connectivity index (χ2n) is 10.8. The number of rotatable bonds is 10. The molecule has 2 aliphatic heterocycles. The van der Waals surface area contributed by atoms with Crippen LogP contribution < -0.4 is 4.90 Å². The Balaban J connectivity index is 1.30. The molecule has 0 aromatic heterocycles. The van der Waals surface area contributed by atoms with E-state index in [-0.39, 0.29) is 41.5 Å². The van der Waals surface area contributed by atoms with Crippen LogP contribution in [0.15, 0.2) is 42.5 Å². The summed E-state index contributed by atoms with van der Waals surface area (Å²) in [4.78, 5) is 31.7. The van der Waals surface area contributed by atoms with E-state index in [9.17, 15) is 17.9 Å². The van der Waals surface area contributed by atoms with E-state index in [1.54, 1.807) is 4.90 Å². The Labute approximate surface area is 240 Å². The molecule has 2 amide bonds. The maximum absolute atomic E-state index is 13.7. The van der Waals surface area contributed by atoms with Crippen molar-refractivity contribution < 1.29 is 17.9 Å². The Hall–Kier alpha value is -2.16. The molecule has 9 heteroatoms. The fourth-order valence-electron chi connectivity index (χ4n) is 5.67. The van der Waals surface area contributed by atoms with Crippen LogP contribution in [0.3, 0.4) is 0 Å². The first-order valence-electron chi connectivity index (χ1n) is 13.9. The standard InChI is InChI=1S/C30H38ClF2N3O2S/c1-22-3-8-27(20-28(22)31)36(30(38)25-11-17-35(18-12-25)29(37)21-39-33)14-2-13-34-15-9-24(10-16-34)19-23-4-6-26(32)7-5-23/h3-8,20,24-25H,2,9-19,21H2,1H3. The molecule has 0 saturated carbocycles. The number of aryl methyl sites for hydroxylation is 1. The minimum atomic E-state index is -0.211. The molecule has 0 unspecified atom stereocenters. The van der Waals surface area contributed by atoms with Crippen LogP contribution in [-0.2, 0) is 16.0 Å². The summed E-state index contributed by atoms with van der Waals surface area (Å²) >= 11 is 6.47. The first kappa shape index (κ1) is 29.8. The third kappa shape index (κ3) is 8.41. The SMILES string of the molecule is Cc1ccc(N(CCCN2CCC(Cc3ccc(F)cc3)CC2)C(=O)C2CCN(C(=O)CSF)CC2)cc1Cl. The fraction of sp³-hybridized carbons (Fsp3) is 0.533. The number of likely N-dealkylation sites (tertiary alicyclic amines) is 2. The minimum Gasteiger partial charge on any atom is -0.342 e. The van der Waals surface area contributed by atoms with Gasteiger partial charge in [-0.25, -0.2) is 4.39 Å². The first-order valence-corrected chi connectivity index (χ1v) is 15.2. The quantitative estimate of drug-likeness (QED) is 0.331. The lowest BCUT2D eigenvalue weighted by molar-refractivity contribution is -0.132. The molecule has 39 heavy (non-hydrogen) atoms. The van der Waals surface area contributed by atoms with Crippen LogP contribution >= 0.6 is 23.7 Å². The second-order valence-corrected chi connectivity index (χ2v) is 11.7. The van der Waals surface area contributed by atoms with Gasteiger partial charge in [0.2, 0.25) is 11.8 Å². The Kier molecular flexibility index (Phi) is 11.1. The highest BCUT2D eigenvalue weighted by Crippen LogP contribution is 2.28. The Morgan fingerprint density at radius 1 is 1.03 bits per heavy atom. The predicted molar refractivity (Wildman–Crippen MR) is 155 cm³/mol. The molecule has 0 bridgehead atoms. The highest BCUT2D eigenvalue weighted by Gasteiger charge is 2.31. The van der Waals surface area contributed by atoms with E-state index in [0.29, 0.717) is 43.4 Å². The van der Waals surface area contributed by atoms with Crippen molar-refractivity contribution in [3.63, 3.8) is 0 Å². The normalized spacial score (nSPS) is 17.4. The first-order chi connectivity index (χ1) is 18.8. The summed E-state index contributed by atoms with van der Waals surface area (Å²) < 4.78 is 25.7. The van der Waals surface area contributed by atoms with E-state index in [1.807, 2.05) is 42.2 Å². The van der Waals surface area contributed by atoms with Crippen molar-refractivity contribution in [3.05, 3.63) is 64.4 Å². The topological polar surface area (TPSA) is 43.9 Å². The highest BCUT2D eigenvalue weighted by molar-refractivity contribution is 7.95. The predicted octanol–water partition coefficient (Wildman–Crippen LogP) is 6.32. The average molecular weight is 578 g/mol. The molecule has 4 rings (SSSR count). The van der Waals surface area contributed by atoms with E-state index in [2.05, 4.69) is 4.90 Å². The highest BCUT2D eigenvalue weighted by atomic mass is 35.5. The molecule has 2 saturated heterocycles. The molecule has 0 radical (unpaired) electrons. The maximum atomic E-state index is 13.7. The molecule has 0 spiro atoms. The lowest BCUT2D eigenvalue weighted by atomic mass is 9.90. The van der Waals surface area contributed by atoms with Gasteiger partial charge in [-0.3, -0.25) is 9.59 Å². The van der Waals surface area contributed by atoms with E-state index >= 15 is 0 Å². The zero-order valence-corrected chi connectivity index (χ0v) is 24.2. The number of hydrogen-bond donors (Lipinski definition) is 0. The summed E-state index contributed by atoms with van der Waals surface area (Å²) in [5, 5.41) is 0.637. The summed E-state index contributed by atoms with van der Waals surface area (Å²) in [5.41, 5.74) is 2.96. The number of carbonyl (C=O) groups excluding carboxylic acids is 2. The molecule has 0 atom stereocenters. The average Bonchev–Trinajstić information content (AvgIpc) is 2.95. The van der Waals surface area contributed by atoms with E-state index in [0.717, 1.165) is 56.6 Å². The molecule has 5 nitrogen and oxygen atoms in total. The zero-order valence-electron chi connectivity index (χ0n) is 22.6. The van der Waals surface area contributed by atoms with Crippen molar-refractivity contribution in [2.45, 2.75) is 45.4 Å². The molecular weight excluding hydrogens is 540 g/mol. The van der Waals surface area contributed by atoms with Gasteiger partial charge in [0.25, 0.3) is 0 Å². The molecule has 2 aromatic carbocycles. The molecule has 2 aromatic rings. The van der Waals surface area contributed by atoms with Crippen molar-refractivity contribution in [2.75, 3.05) is 49.9 Å². The van der Waals surface area contributed by atoms with Gasteiger partial charge in [-0.05, 0) is 106 Å². The molecule has 2 fully saturated rings. The minimum absolute atomic E-state index is 0.0412. The number of carbonyl (C=O) groups is 2. The molecule has 2 aliphatic rings. The summed E-state index contributed by atoms with van der Waals surface area (Å²) in [7, 11) is 0. The van der Waals surface area contributed by atoms with Gasteiger partial charge in [0.1, 0.15) is 11.6 Å². The van der Waals surface area contributed by atoms with Crippen LogP contribution in [0.2, 0.25) is 5.02 Å². The Bertz CT molecular complexity index is 1100. The third-order valence-corrected chi connectivity index (χ3v) is 8.87. The summed E-state index contributed by atoms with van der Waals surface area (Å²) in [6.07, 6.45) is 5.24. The molecular formula is C30H38ClF2N3O2S. The number of halogens is 3. The zero-order chi connectivity index (χ0) is 27.8. The van der Waals surface area contributed by atoms with Crippen LogP contribution in [0.25, 0.3) is 0 Å². The maximum Gasteiger partial charge on any atom is 0.235 e. The number of piperidine rings is 2. The second kappa shape index (κ2) is 14.5. The van der Waals surface area contributed by atoms with Gasteiger partial charge < -0.3 is 14.7 Å². The van der Waals surface area contributed by atoms with Crippen molar-refractivity contribution in [3.8, 4) is 0 Å². The molecule has 0 N–H and O–H groups in total. The van der Waals surface area contributed by atoms with Crippen LogP contribution in [0.1, 0.15) is 43.2 Å². The lowest BCUT2D eigenvalue weighted by Crippen LogP contribution is -2.45. The van der Waals surface area contributed by atoms with Crippen molar-refractivity contribution in [1.29, 1.82) is 0 Å². The Morgan fingerprint density at radius 3 is 2.36 bits per heavy atom. The van der Waals surface area contributed by atoms with Crippen LogP contribution in [0.5, 0.6) is 0 Å². The van der Waals surface area contributed by atoms with Gasteiger partial charge in [-0.2, -0.15) is 3.89 Å². The summed E-state index contributed by atoms with van der Waals surface area (Å²) in [6, 6.07) is 12.6. The number of nitrogens with zero attached hydrogens (tertiary/aromatic N) is 3. The molecule has 2 heterocycles. The third-order valence-electron chi connectivity index (χ3n) is 8.11. The smallest absolute Gasteiger partial charge is 0.235 e. The summed E-state index contributed by atoms with van der Waals surface area (Å²) in [5.74, 6) is -0.0647. The Morgan fingerprint density at radius 2 is 1.72 bits per heavy atom. The molecule has 212 valence electrons. The van der Waals surface area contributed by atoms with Gasteiger partial charge in [0.15, 0.2) is 0 Å². The van der Waals surface area contributed by atoms with Gasteiger partial charge in [0, 0.05) is 36.3 Å². The van der Waals surface area contributed by atoms with E-state index < -0.39 is 0 Å². The number of amides is 2. The lowest BCUT2D eigenvalue weighted by Gasteiger charge is -2.35. The molecule has 0 aliphatic carbocycles. The van der Waals surface area contributed by atoms with Crippen molar-refractivity contribution in [2.24, 2.45) is 11.8 Å². The van der Waals surface area contributed by atoms with Crippen LogP contribution in [0.4, 0.5) is 14.0 Å². The van der Waals surface area contributed by atoms with Gasteiger partial charge in [-0.1, -0.05) is 29.8 Å². The van der Waals surface area contributed by atoms with Gasteiger partial charge >= 0.3 is 0 Å². The van der Waals surface area contributed by atoms with Crippen LogP contribution in [-0.4, -0.2) is 66.6 Å². The van der Waals surface area contributed by atoms with Crippen molar-refractivity contribution in [1.82, 2.24) is 9.80 Å². The monoisotopic (exact) mass is 577 g/mol. The largest absolute Gasteiger partial charge is 0.342 e. The number of benzene rings is 2. The van der Waals surface area contributed by atoms with E-state index in [4.69, 9.17) is 11.6 Å². The van der Waals surface area contributed by atoms with Gasteiger partial charge in [0.05, 0.1) is 12.1 Å². The number of anilines is 1. The summed E-state index contributed by atoms with van der Waals surface area (Å²) in [6.45, 7) is 6.47. The fourth-order valence-corrected chi connectivity index (χ4v) is 6.12. The van der Waals surface area contributed by atoms with Gasteiger partial charge in [-0.15, -0.1) is 0 Å². The van der Waals surface area contributed by atoms with E-state index in [1.165, 1.54) is 17.7 Å². The van der Waals surface area contributed by atoms with Crippen LogP contribution in [0, 0.1) is 24.6 Å².